The first-order valence-corrected chi connectivity index (χ1v) is 15.1. The third kappa shape index (κ3) is 10.0. The molecule has 0 bridgehead atoms. The van der Waals surface area contributed by atoms with Crippen molar-refractivity contribution in [3.63, 3.8) is 0 Å². The van der Waals surface area contributed by atoms with Crippen LogP contribution >= 0.6 is 0 Å². The molecule has 0 aliphatic heterocycles. The Balaban J connectivity index is 1.97. The van der Waals surface area contributed by atoms with E-state index in [2.05, 4.69) is 64.7 Å². The number of unbranched alkanes of at least 4 members (excludes halogenated alkanes) is 1. The fourth-order valence-corrected chi connectivity index (χ4v) is 5.88. The lowest BCUT2D eigenvalue weighted by molar-refractivity contribution is -0.142. The number of carboxylic acids is 1. The van der Waals surface area contributed by atoms with Gasteiger partial charge in [0.2, 0.25) is 5.91 Å². The van der Waals surface area contributed by atoms with E-state index in [-0.39, 0.29) is 42.6 Å². The lowest BCUT2D eigenvalue weighted by Gasteiger charge is -2.45. The highest BCUT2D eigenvalue weighted by Gasteiger charge is 2.41. The van der Waals surface area contributed by atoms with Crippen LogP contribution in [0.3, 0.4) is 0 Å². The summed E-state index contributed by atoms with van der Waals surface area (Å²) >= 11 is 0. The van der Waals surface area contributed by atoms with E-state index in [0.29, 0.717) is 37.6 Å². The number of carbonyl (C=O) groups excluding carboxylic acids is 1. The molecule has 0 saturated carbocycles. The zero-order valence-electron chi connectivity index (χ0n) is 25.3. The molecule has 1 unspecified atom stereocenters. The Bertz CT molecular complexity index is 913. The number of fused-ring (bicyclic) bond motifs is 1. The van der Waals surface area contributed by atoms with Crippen molar-refractivity contribution in [1.29, 1.82) is 0 Å². The Kier molecular flexibility index (Phi) is 13.4. The summed E-state index contributed by atoms with van der Waals surface area (Å²) in [6.45, 7) is 15.6. The first-order valence-electron chi connectivity index (χ1n) is 15.1. The van der Waals surface area contributed by atoms with Gasteiger partial charge in [0.25, 0.3) is 0 Å². The van der Waals surface area contributed by atoms with Crippen LogP contribution < -0.4 is 11.1 Å². The van der Waals surface area contributed by atoms with Gasteiger partial charge in [-0.2, -0.15) is 0 Å². The summed E-state index contributed by atoms with van der Waals surface area (Å²) in [6, 6.07) is -1.01. The number of hydrogen-bond acceptors (Lipinski definition) is 6. The van der Waals surface area contributed by atoms with E-state index in [9.17, 15) is 24.9 Å². The van der Waals surface area contributed by atoms with Crippen LogP contribution in [-0.2, 0) is 14.3 Å². The molecule has 8 heteroatoms. The maximum atomic E-state index is 12.4. The summed E-state index contributed by atoms with van der Waals surface area (Å²) < 4.78 is 6.60. The second-order valence-electron chi connectivity index (χ2n) is 12.7. The SMILES string of the molecule is C=C(O[C@H]1C[C@@H](C)C=C2C=C[C@H](C)[C@H](CC[C@@H](O)C[C@@H](O)CC(=O)N[C@@H](CCCCN)C(=O)O)C21)C(C)(C)CC. The summed E-state index contributed by atoms with van der Waals surface area (Å²) in [5, 5.41) is 33.1. The van der Waals surface area contributed by atoms with Crippen molar-refractivity contribution in [2.45, 2.75) is 117 Å². The summed E-state index contributed by atoms with van der Waals surface area (Å²) in [7, 11) is 0. The molecule has 0 fully saturated rings. The highest BCUT2D eigenvalue weighted by atomic mass is 16.5. The van der Waals surface area contributed by atoms with E-state index in [4.69, 9.17) is 10.5 Å². The molecule has 0 heterocycles. The van der Waals surface area contributed by atoms with Crippen LogP contribution in [0, 0.1) is 29.1 Å². The maximum absolute atomic E-state index is 12.4. The van der Waals surface area contributed by atoms with E-state index in [1.807, 2.05) is 0 Å². The maximum Gasteiger partial charge on any atom is 0.326 e. The molecule has 2 aliphatic carbocycles. The normalized spacial score (nSPS) is 26.7. The van der Waals surface area contributed by atoms with Gasteiger partial charge in [-0.25, -0.2) is 4.79 Å². The van der Waals surface area contributed by atoms with Gasteiger partial charge in [0.15, 0.2) is 0 Å². The Morgan fingerprint density at radius 2 is 1.90 bits per heavy atom. The smallest absolute Gasteiger partial charge is 0.326 e. The number of aliphatic carboxylic acids is 1. The summed E-state index contributed by atoms with van der Waals surface area (Å²) in [5.41, 5.74) is 6.64. The number of rotatable bonds is 17. The Hall–Kier alpha value is -2.16. The Morgan fingerprint density at radius 1 is 1.20 bits per heavy atom. The zero-order valence-corrected chi connectivity index (χ0v) is 25.3. The monoisotopic (exact) mass is 562 g/mol. The molecule has 0 aromatic carbocycles. The largest absolute Gasteiger partial charge is 0.494 e. The van der Waals surface area contributed by atoms with Crippen molar-refractivity contribution in [3.05, 3.63) is 36.1 Å². The molecule has 8 nitrogen and oxygen atoms in total. The second-order valence-corrected chi connectivity index (χ2v) is 12.7. The molecule has 2 aliphatic rings. The molecule has 1 amide bonds. The van der Waals surface area contributed by atoms with Crippen molar-refractivity contribution in [2.24, 2.45) is 34.8 Å². The van der Waals surface area contributed by atoms with Crippen molar-refractivity contribution in [3.8, 4) is 0 Å². The fourth-order valence-electron chi connectivity index (χ4n) is 5.88. The lowest BCUT2D eigenvalue weighted by atomic mass is 9.65. The summed E-state index contributed by atoms with van der Waals surface area (Å²) in [5.74, 6) is 0.365. The molecule has 8 atom stereocenters. The van der Waals surface area contributed by atoms with Crippen LogP contribution in [0.15, 0.2) is 36.1 Å². The Morgan fingerprint density at radius 3 is 2.52 bits per heavy atom. The van der Waals surface area contributed by atoms with Gasteiger partial charge >= 0.3 is 5.97 Å². The van der Waals surface area contributed by atoms with Crippen LogP contribution in [0.2, 0.25) is 0 Å². The van der Waals surface area contributed by atoms with Gasteiger partial charge in [0.05, 0.1) is 24.4 Å². The molecule has 228 valence electrons. The average Bonchev–Trinajstić information content (AvgIpc) is 2.87. The van der Waals surface area contributed by atoms with Gasteiger partial charge < -0.3 is 31.1 Å². The predicted molar refractivity (Wildman–Crippen MR) is 158 cm³/mol. The van der Waals surface area contributed by atoms with Gasteiger partial charge in [0.1, 0.15) is 12.1 Å². The summed E-state index contributed by atoms with van der Waals surface area (Å²) in [4.78, 5) is 23.8. The molecule has 2 rings (SSSR count). The number of nitrogens with two attached hydrogens (primary N) is 1. The number of carboxylic acid groups (broad SMARTS) is 1. The van der Waals surface area contributed by atoms with Crippen molar-refractivity contribution >= 4 is 11.9 Å². The van der Waals surface area contributed by atoms with Crippen LogP contribution in [-0.4, -0.2) is 58.1 Å². The molecule has 6 N–H and O–H groups in total. The molecular weight excluding hydrogens is 508 g/mol. The number of allylic oxidation sites excluding steroid dienone is 4. The van der Waals surface area contributed by atoms with Gasteiger partial charge in [-0.05, 0) is 81.2 Å². The molecule has 0 spiro atoms. The molecule has 0 aromatic heterocycles. The first-order chi connectivity index (χ1) is 18.8. The van der Waals surface area contributed by atoms with Gasteiger partial charge in [-0.15, -0.1) is 0 Å². The van der Waals surface area contributed by atoms with E-state index >= 15 is 0 Å². The zero-order chi connectivity index (χ0) is 30.0. The van der Waals surface area contributed by atoms with Crippen LogP contribution in [0.5, 0.6) is 0 Å². The fraction of sp³-hybridized carbons (Fsp3) is 0.750. The van der Waals surface area contributed by atoms with E-state index in [1.165, 1.54) is 5.57 Å². The number of amides is 1. The third-order valence-corrected chi connectivity index (χ3v) is 8.91. The van der Waals surface area contributed by atoms with Crippen molar-refractivity contribution in [1.82, 2.24) is 5.32 Å². The average molecular weight is 563 g/mol. The predicted octanol–water partition coefficient (Wildman–Crippen LogP) is 4.71. The second kappa shape index (κ2) is 15.7. The highest BCUT2D eigenvalue weighted by Crippen LogP contribution is 2.46. The number of ether oxygens (including phenoxy) is 1. The lowest BCUT2D eigenvalue weighted by Crippen LogP contribution is -2.42. The minimum Gasteiger partial charge on any atom is -0.494 e. The quantitative estimate of drug-likeness (QED) is 0.128. The van der Waals surface area contributed by atoms with Gasteiger partial charge in [-0.3, -0.25) is 4.79 Å². The standard InChI is InChI=1S/C32H54N2O6/c1-7-32(5,6)22(4)40-28-17-20(2)16-23-12-11-21(3)26(30(23)28)14-13-24(35)18-25(36)19-29(37)34-27(31(38)39)10-8-9-15-33/h11-12,16,20-21,24-28,30,35-36H,4,7-10,13-15,17-19,33H2,1-3,5-6H3,(H,34,37)(H,38,39)/t20-,21-,24+,25+,26-,27-,28-,30?/m0/s1. The molecule has 0 saturated heterocycles. The number of carbonyl (C=O) groups is 2. The van der Waals surface area contributed by atoms with Gasteiger partial charge in [0, 0.05) is 11.3 Å². The number of aliphatic hydroxyl groups is 2. The minimum absolute atomic E-state index is 0.0178. The minimum atomic E-state index is -1.11. The van der Waals surface area contributed by atoms with Crippen LogP contribution in [0.1, 0.15) is 92.4 Å². The number of nitrogens with one attached hydrogen (secondary N) is 1. The van der Waals surface area contributed by atoms with Crippen LogP contribution in [0.4, 0.5) is 0 Å². The van der Waals surface area contributed by atoms with Crippen LogP contribution in [0.25, 0.3) is 0 Å². The topological polar surface area (TPSA) is 142 Å². The Labute approximate surface area is 241 Å². The number of hydrogen-bond donors (Lipinski definition) is 5. The molecule has 40 heavy (non-hydrogen) atoms. The van der Waals surface area contributed by atoms with Crippen molar-refractivity contribution in [2.75, 3.05) is 6.54 Å². The number of aliphatic hydroxyl groups excluding tert-OH is 2. The molecule has 0 radical (unpaired) electrons. The molecule has 0 aromatic rings. The van der Waals surface area contributed by atoms with Crippen molar-refractivity contribution < 1.29 is 29.6 Å². The van der Waals surface area contributed by atoms with E-state index < -0.39 is 30.1 Å². The van der Waals surface area contributed by atoms with E-state index in [1.54, 1.807) is 0 Å². The molecular formula is C32H54N2O6. The third-order valence-electron chi connectivity index (χ3n) is 8.91. The highest BCUT2D eigenvalue weighted by molar-refractivity contribution is 5.83. The summed E-state index contributed by atoms with van der Waals surface area (Å²) in [6.07, 6.45) is 9.48. The van der Waals surface area contributed by atoms with E-state index in [0.717, 1.165) is 25.0 Å². The van der Waals surface area contributed by atoms with Gasteiger partial charge in [-0.1, -0.05) is 59.4 Å². The first kappa shape index (κ1) is 34.0.